The number of ketones is 1. The summed E-state index contributed by atoms with van der Waals surface area (Å²) in [5.74, 6) is -0.854. The number of hydrogen-bond acceptors (Lipinski definition) is 4. The van der Waals surface area contributed by atoms with Crippen molar-refractivity contribution in [2.45, 2.75) is 39.7 Å². The molecule has 20 heavy (non-hydrogen) atoms. The first kappa shape index (κ1) is 15.0. The van der Waals surface area contributed by atoms with Crippen LogP contribution in [-0.2, 0) is 14.3 Å². The van der Waals surface area contributed by atoms with Gasteiger partial charge in [-0.2, -0.15) is 0 Å². The molecule has 1 N–H and O–H groups in total. The number of rotatable bonds is 2. The maximum Gasteiger partial charge on any atom is 0.308 e. The van der Waals surface area contributed by atoms with E-state index >= 15 is 0 Å². The molecule has 110 valence electrons. The highest BCUT2D eigenvalue weighted by molar-refractivity contribution is 6.05. The lowest BCUT2D eigenvalue weighted by molar-refractivity contribution is -0.149. The summed E-state index contributed by atoms with van der Waals surface area (Å²) in [6.45, 7) is 5.65. The first-order valence-corrected chi connectivity index (χ1v) is 7.00. The van der Waals surface area contributed by atoms with E-state index in [2.05, 4.69) is 0 Å². The second kappa shape index (κ2) is 5.17. The van der Waals surface area contributed by atoms with Crippen molar-refractivity contribution in [3.05, 3.63) is 23.3 Å². The summed E-state index contributed by atoms with van der Waals surface area (Å²) in [6, 6.07) is 0. The van der Waals surface area contributed by atoms with Crippen LogP contribution >= 0.6 is 0 Å². The third-order valence-electron chi connectivity index (χ3n) is 4.90. The van der Waals surface area contributed by atoms with Crippen molar-refractivity contribution in [2.24, 2.45) is 17.3 Å². The fourth-order valence-electron chi connectivity index (χ4n) is 3.47. The van der Waals surface area contributed by atoms with E-state index in [1.165, 1.54) is 7.11 Å². The smallest absolute Gasteiger partial charge is 0.308 e. The number of carbonyl (C=O) groups is 2. The maximum atomic E-state index is 11.8. The zero-order chi connectivity index (χ0) is 15.1. The van der Waals surface area contributed by atoms with Gasteiger partial charge in [0.15, 0.2) is 5.78 Å². The molecular weight excluding hydrogens is 256 g/mol. The molecule has 0 aromatic heterocycles. The lowest BCUT2D eigenvalue weighted by Gasteiger charge is -2.44. The van der Waals surface area contributed by atoms with Crippen molar-refractivity contribution in [1.82, 2.24) is 0 Å². The van der Waals surface area contributed by atoms with Gasteiger partial charge in [-0.3, -0.25) is 9.59 Å². The molecule has 0 aromatic carbocycles. The number of carbonyl (C=O) groups excluding carboxylic acids is 2. The van der Waals surface area contributed by atoms with Crippen molar-refractivity contribution in [3.8, 4) is 0 Å². The second-order valence-electron chi connectivity index (χ2n) is 6.17. The second-order valence-corrected chi connectivity index (χ2v) is 6.17. The first-order valence-electron chi connectivity index (χ1n) is 7.00. The minimum atomic E-state index is -0.566. The number of methoxy groups -OCH3 is 1. The van der Waals surface area contributed by atoms with Gasteiger partial charge in [0.2, 0.25) is 0 Å². The Morgan fingerprint density at radius 3 is 2.80 bits per heavy atom. The molecular formula is C16H22O4. The third kappa shape index (κ3) is 2.33. The molecule has 1 saturated carbocycles. The predicted molar refractivity (Wildman–Crippen MR) is 74.9 cm³/mol. The summed E-state index contributed by atoms with van der Waals surface area (Å²) >= 11 is 0. The Morgan fingerprint density at radius 2 is 2.20 bits per heavy atom. The van der Waals surface area contributed by atoms with Gasteiger partial charge in [-0.05, 0) is 31.4 Å². The SMILES string of the molecule is COC(=O)[C@@H](C)[C@H]1CC2=C(C)C(=O)C=C[C@]2(C)C[C@@H]1O. The number of ether oxygens (including phenoxy) is 1. The maximum absolute atomic E-state index is 11.8. The third-order valence-corrected chi connectivity index (χ3v) is 4.90. The number of hydrogen-bond donors (Lipinski definition) is 1. The van der Waals surface area contributed by atoms with Crippen molar-refractivity contribution in [1.29, 1.82) is 0 Å². The number of aliphatic hydroxyl groups is 1. The molecule has 4 atom stereocenters. The summed E-state index contributed by atoms with van der Waals surface area (Å²) in [5.41, 5.74) is 1.53. The van der Waals surface area contributed by atoms with Crippen LogP contribution in [0.5, 0.6) is 0 Å². The van der Waals surface area contributed by atoms with Gasteiger partial charge < -0.3 is 9.84 Å². The van der Waals surface area contributed by atoms with Gasteiger partial charge in [0.05, 0.1) is 19.1 Å². The number of fused-ring (bicyclic) bond motifs is 1. The fraction of sp³-hybridized carbons (Fsp3) is 0.625. The van der Waals surface area contributed by atoms with Gasteiger partial charge in [-0.15, -0.1) is 0 Å². The molecule has 4 nitrogen and oxygen atoms in total. The summed E-state index contributed by atoms with van der Waals surface area (Å²) in [6.07, 6.45) is 4.02. The van der Waals surface area contributed by atoms with E-state index in [0.717, 1.165) is 11.1 Å². The summed E-state index contributed by atoms with van der Waals surface area (Å²) in [4.78, 5) is 23.6. The normalized spacial score (nSPS) is 34.8. The standard InChI is InChI=1S/C16H22O4/c1-9(15(19)20-4)11-7-12-10(2)13(17)5-6-16(12,3)8-14(11)18/h5-6,9,11,14,18H,7-8H2,1-4H3/t9-,11+,14-,16+/m0/s1. The Hall–Kier alpha value is -1.42. The predicted octanol–water partition coefficient (Wildman–Crippen LogP) is 2.03. The molecule has 0 aromatic rings. The highest BCUT2D eigenvalue weighted by Gasteiger charge is 2.45. The average Bonchev–Trinajstić information content (AvgIpc) is 2.41. The van der Waals surface area contributed by atoms with Gasteiger partial charge in [-0.25, -0.2) is 0 Å². The topological polar surface area (TPSA) is 63.6 Å². The Labute approximate surface area is 119 Å². The zero-order valence-electron chi connectivity index (χ0n) is 12.5. The van der Waals surface area contributed by atoms with E-state index in [-0.39, 0.29) is 29.0 Å². The number of aliphatic hydroxyl groups excluding tert-OH is 1. The zero-order valence-corrected chi connectivity index (χ0v) is 12.5. The molecule has 4 heteroatoms. The minimum Gasteiger partial charge on any atom is -0.469 e. The Balaban J connectivity index is 2.33. The van der Waals surface area contributed by atoms with Crippen LogP contribution in [-0.4, -0.2) is 30.1 Å². The molecule has 0 radical (unpaired) electrons. The van der Waals surface area contributed by atoms with Gasteiger partial charge in [0.25, 0.3) is 0 Å². The van der Waals surface area contributed by atoms with Crippen molar-refractivity contribution in [2.75, 3.05) is 7.11 Å². The molecule has 0 aliphatic heterocycles. The van der Waals surface area contributed by atoms with Gasteiger partial charge in [-0.1, -0.05) is 25.5 Å². The molecule has 0 heterocycles. The van der Waals surface area contributed by atoms with E-state index in [1.807, 2.05) is 19.9 Å². The van der Waals surface area contributed by atoms with Gasteiger partial charge in [0.1, 0.15) is 0 Å². The van der Waals surface area contributed by atoms with E-state index in [1.54, 1.807) is 13.0 Å². The Bertz CT molecular complexity index is 503. The summed E-state index contributed by atoms with van der Waals surface area (Å²) in [7, 11) is 1.36. The van der Waals surface area contributed by atoms with Crippen LogP contribution in [0.1, 0.15) is 33.6 Å². The van der Waals surface area contributed by atoms with Crippen molar-refractivity contribution >= 4 is 11.8 Å². The minimum absolute atomic E-state index is 0.0262. The van der Waals surface area contributed by atoms with Crippen LogP contribution in [0.4, 0.5) is 0 Å². The number of allylic oxidation sites excluding steroid dienone is 4. The average molecular weight is 278 g/mol. The van der Waals surface area contributed by atoms with Crippen LogP contribution < -0.4 is 0 Å². The van der Waals surface area contributed by atoms with Crippen LogP contribution in [0.2, 0.25) is 0 Å². The van der Waals surface area contributed by atoms with E-state index in [9.17, 15) is 14.7 Å². The molecule has 0 unspecified atom stereocenters. The summed E-state index contributed by atoms with van der Waals surface area (Å²) in [5, 5.41) is 10.4. The number of esters is 1. The highest BCUT2D eigenvalue weighted by atomic mass is 16.5. The molecule has 0 saturated heterocycles. The van der Waals surface area contributed by atoms with E-state index in [4.69, 9.17) is 4.74 Å². The van der Waals surface area contributed by atoms with E-state index in [0.29, 0.717) is 12.8 Å². The molecule has 2 rings (SSSR count). The van der Waals surface area contributed by atoms with Crippen LogP contribution in [0.25, 0.3) is 0 Å². The van der Waals surface area contributed by atoms with Crippen molar-refractivity contribution < 1.29 is 19.4 Å². The molecule has 2 aliphatic rings. The molecule has 0 spiro atoms. The monoisotopic (exact) mass is 278 g/mol. The summed E-state index contributed by atoms with van der Waals surface area (Å²) < 4.78 is 4.78. The van der Waals surface area contributed by atoms with E-state index < -0.39 is 6.10 Å². The quantitative estimate of drug-likeness (QED) is 0.785. The largest absolute Gasteiger partial charge is 0.469 e. The molecule has 0 bridgehead atoms. The molecule has 2 aliphatic carbocycles. The van der Waals surface area contributed by atoms with Crippen LogP contribution in [0, 0.1) is 17.3 Å². The van der Waals surface area contributed by atoms with Gasteiger partial charge >= 0.3 is 5.97 Å². The Kier molecular flexibility index (Phi) is 3.87. The first-order chi connectivity index (χ1) is 9.30. The molecule has 1 fully saturated rings. The highest BCUT2D eigenvalue weighted by Crippen LogP contribution is 2.49. The lowest BCUT2D eigenvalue weighted by Crippen LogP contribution is -2.43. The van der Waals surface area contributed by atoms with Crippen LogP contribution in [0.3, 0.4) is 0 Å². The van der Waals surface area contributed by atoms with Crippen LogP contribution in [0.15, 0.2) is 23.3 Å². The Morgan fingerprint density at radius 1 is 1.55 bits per heavy atom. The molecule has 0 amide bonds. The lowest BCUT2D eigenvalue weighted by atomic mass is 9.61. The van der Waals surface area contributed by atoms with Crippen molar-refractivity contribution in [3.63, 3.8) is 0 Å². The van der Waals surface area contributed by atoms with Gasteiger partial charge in [0, 0.05) is 11.3 Å². The fourth-order valence-corrected chi connectivity index (χ4v) is 3.47.